The molecule has 1 N–H and O–H groups in total. The summed E-state index contributed by atoms with van der Waals surface area (Å²) in [5.41, 5.74) is 0. The third-order valence-electron chi connectivity index (χ3n) is 1.50. The van der Waals surface area contributed by atoms with E-state index in [9.17, 15) is 8.42 Å². The van der Waals surface area contributed by atoms with E-state index in [1.54, 1.807) is 12.1 Å². The Morgan fingerprint density at radius 3 is 2.11 bits per heavy atom. The number of aromatic nitrogens is 1. The van der Waals surface area contributed by atoms with Gasteiger partial charge in [-0.1, -0.05) is 6.20 Å². The minimum Gasteiger partial charge on any atom is -0.284 e. The van der Waals surface area contributed by atoms with Crippen molar-refractivity contribution in [3.8, 4) is 0 Å². The minimum atomic E-state index is -3.22. The van der Waals surface area contributed by atoms with Gasteiger partial charge in [0.2, 0.25) is 10.0 Å². The number of nitrogens with one attached hydrogen (secondary N) is 1. The molecular weight excluding hydrogens is 325 g/mol. The van der Waals surface area contributed by atoms with E-state index in [1.165, 1.54) is 6.20 Å². The van der Waals surface area contributed by atoms with Crippen molar-refractivity contribution >= 4 is 15.8 Å². The van der Waals surface area contributed by atoms with Gasteiger partial charge in [0, 0.05) is 38.5 Å². The van der Waals surface area contributed by atoms with Crippen molar-refractivity contribution < 1.29 is 41.1 Å². The van der Waals surface area contributed by atoms with Gasteiger partial charge in [-0.2, -0.15) is 42.5 Å². The molecule has 18 heavy (non-hydrogen) atoms. The molecule has 2 aromatic rings. The molecule has 0 saturated carbocycles. The molecule has 1 radical (unpaired) electrons. The zero-order valence-electron chi connectivity index (χ0n) is 9.87. The number of hydrogen-bond acceptors (Lipinski definition) is 3. The largest absolute Gasteiger partial charge is 0.284 e. The van der Waals surface area contributed by atoms with Crippen molar-refractivity contribution in [3.05, 3.63) is 60.8 Å². The van der Waals surface area contributed by atoms with Gasteiger partial charge in [-0.15, -0.1) is 0 Å². The first-order valence-electron chi connectivity index (χ1n) is 4.79. The topological polar surface area (TPSA) is 59.1 Å². The predicted molar refractivity (Wildman–Crippen MR) is 66.8 cm³/mol. The van der Waals surface area contributed by atoms with Gasteiger partial charge < -0.3 is 0 Å². The molecule has 0 amide bonds. The zero-order valence-corrected chi connectivity index (χ0v) is 13.5. The van der Waals surface area contributed by atoms with E-state index in [-0.39, 0.29) is 38.5 Å². The molecule has 0 unspecified atom stereocenters. The van der Waals surface area contributed by atoms with E-state index in [4.69, 9.17) is 0 Å². The van der Waals surface area contributed by atoms with Crippen LogP contribution in [-0.4, -0.2) is 19.7 Å². The van der Waals surface area contributed by atoms with E-state index in [0.29, 0.717) is 0 Å². The average molecular weight is 337 g/mol. The predicted octanol–water partition coefficient (Wildman–Crippen LogP) is 1.74. The van der Waals surface area contributed by atoms with E-state index >= 15 is 0 Å². The van der Waals surface area contributed by atoms with E-state index in [1.807, 2.05) is 30.3 Å². The van der Waals surface area contributed by atoms with Crippen LogP contribution in [-0.2, 0) is 42.7 Å². The molecule has 4 nitrogen and oxygen atoms in total. The summed E-state index contributed by atoms with van der Waals surface area (Å²) < 4.78 is 23.4. The van der Waals surface area contributed by atoms with Gasteiger partial charge in [-0.05, 0) is 0 Å². The summed E-state index contributed by atoms with van der Waals surface area (Å²) in [6, 6.07) is 18.4. The SMILES string of the molecule is CS(=O)(=O)Nc1[c-]cccn1.[Y].[c-]1ccccc1. The maximum atomic E-state index is 10.6. The minimum absolute atomic E-state index is 0. The summed E-state index contributed by atoms with van der Waals surface area (Å²) >= 11 is 0. The summed E-state index contributed by atoms with van der Waals surface area (Å²) in [5.74, 6) is 0.218. The van der Waals surface area contributed by atoms with Gasteiger partial charge in [0.25, 0.3) is 0 Å². The van der Waals surface area contributed by atoms with Crippen LogP contribution in [0.5, 0.6) is 0 Å². The molecule has 93 valence electrons. The van der Waals surface area contributed by atoms with Crippen LogP contribution in [0.15, 0.2) is 48.7 Å². The third kappa shape index (κ3) is 9.27. The fraction of sp³-hybridized carbons (Fsp3) is 0.0833. The second kappa shape index (κ2) is 9.19. The first-order chi connectivity index (χ1) is 8.08. The fourth-order valence-corrected chi connectivity index (χ4v) is 1.36. The molecule has 0 aliphatic rings. The summed E-state index contributed by atoms with van der Waals surface area (Å²) in [5, 5.41) is 0. The Kier molecular flexibility index (Phi) is 8.80. The number of rotatable bonds is 2. The quantitative estimate of drug-likeness (QED) is 0.850. The maximum Gasteiger partial charge on any atom is 0.229 e. The number of hydrogen-bond donors (Lipinski definition) is 1. The van der Waals surface area contributed by atoms with Crippen LogP contribution < -0.4 is 4.72 Å². The first-order valence-corrected chi connectivity index (χ1v) is 6.68. The summed E-state index contributed by atoms with van der Waals surface area (Å²) in [6.07, 6.45) is 2.56. The first kappa shape index (κ1) is 17.2. The molecule has 0 spiro atoms. The Hall–Kier alpha value is -0.776. The van der Waals surface area contributed by atoms with Crippen LogP contribution in [0.25, 0.3) is 0 Å². The molecule has 0 saturated heterocycles. The van der Waals surface area contributed by atoms with Crippen molar-refractivity contribution in [2.75, 3.05) is 11.0 Å². The molecule has 0 atom stereocenters. The Labute approximate surface area is 133 Å². The van der Waals surface area contributed by atoms with Crippen molar-refractivity contribution in [3.63, 3.8) is 0 Å². The molecule has 0 aliphatic heterocycles. The summed E-state index contributed by atoms with van der Waals surface area (Å²) in [6.45, 7) is 0. The molecule has 1 aromatic heterocycles. The van der Waals surface area contributed by atoms with Crippen molar-refractivity contribution in [2.24, 2.45) is 0 Å². The van der Waals surface area contributed by atoms with Crippen LogP contribution in [0, 0.1) is 12.1 Å². The maximum absolute atomic E-state index is 10.6. The van der Waals surface area contributed by atoms with Gasteiger partial charge in [0.05, 0.1) is 6.26 Å². The Bertz CT molecular complexity index is 492. The number of benzene rings is 1. The molecule has 2 rings (SSSR count). The van der Waals surface area contributed by atoms with Gasteiger partial charge in [0.1, 0.15) is 0 Å². The van der Waals surface area contributed by atoms with Crippen LogP contribution >= 0.6 is 0 Å². The Morgan fingerprint density at radius 2 is 1.78 bits per heavy atom. The molecule has 1 heterocycles. The molecular formula is C12H12N2O2SY-2. The van der Waals surface area contributed by atoms with Gasteiger partial charge >= 0.3 is 0 Å². The van der Waals surface area contributed by atoms with Crippen LogP contribution in [0.3, 0.4) is 0 Å². The summed E-state index contributed by atoms with van der Waals surface area (Å²) in [7, 11) is -3.22. The van der Waals surface area contributed by atoms with Gasteiger partial charge in [0.15, 0.2) is 0 Å². The molecule has 0 fully saturated rings. The second-order valence-corrected chi connectivity index (χ2v) is 4.83. The van der Waals surface area contributed by atoms with Crippen molar-refractivity contribution in [2.45, 2.75) is 0 Å². The van der Waals surface area contributed by atoms with Gasteiger partial charge in [-0.25, -0.2) is 20.6 Å². The van der Waals surface area contributed by atoms with Crippen LogP contribution in [0.4, 0.5) is 5.82 Å². The van der Waals surface area contributed by atoms with E-state index in [0.717, 1.165) is 6.26 Å². The zero-order chi connectivity index (χ0) is 12.6. The monoisotopic (exact) mass is 337 g/mol. The van der Waals surface area contributed by atoms with Crippen LogP contribution in [0.2, 0.25) is 0 Å². The smallest absolute Gasteiger partial charge is 0.229 e. The van der Waals surface area contributed by atoms with Crippen molar-refractivity contribution in [1.29, 1.82) is 0 Å². The standard InChI is InChI=1S/C6H7N2O2S.C6H5.Y/c1-11(9,10)8-6-4-2-3-5-7-6;1-2-4-6-5-3-1;/h2-3,5H,1H3,(H,7,8);1-5H;/q2*-1;. The number of anilines is 1. The number of pyridine rings is 1. The van der Waals surface area contributed by atoms with Crippen molar-refractivity contribution in [1.82, 2.24) is 4.98 Å². The molecule has 0 aliphatic carbocycles. The van der Waals surface area contributed by atoms with E-state index < -0.39 is 10.0 Å². The second-order valence-electron chi connectivity index (χ2n) is 3.08. The normalized spacial score (nSPS) is 9.39. The molecule has 0 bridgehead atoms. The fourth-order valence-electron chi connectivity index (χ4n) is 0.898. The molecule has 1 aromatic carbocycles. The molecule has 6 heteroatoms. The number of nitrogens with zero attached hydrogens (tertiary/aromatic N) is 1. The summed E-state index contributed by atoms with van der Waals surface area (Å²) in [4.78, 5) is 3.72. The Morgan fingerprint density at radius 1 is 1.11 bits per heavy atom. The van der Waals surface area contributed by atoms with Crippen LogP contribution in [0.1, 0.15) is 0 Å². The third-order valence-corrected chi connectivity index (χ3v) is 2.06. The number of sulfonamides is 1. The van der Waals surface area contributed by atoms with Gasteiger partial charge in [-0.3, -0.25) is 9.71 Å². The average Bonchev–Trinajstić information content (AvgIpc) is 2.31. The van der Waals surface area contributed by atoms with E-state index in [2.05, 4.69) is 21.8 Å². The Balaban J connectivity index is 0.000000352.